The summed E-state index contributed by atoms with van der Waals surface area (Å²) in [6, 6.07) is 0.171. The highest BCUT2D eigenvalue weighted by atomic mass is 16.2. The molecule has 2 rings (SSSR count). The highest BCUT2D eigenvalue weighted by Crippen LogP contribution is 2.31. The third-order valence-electron chi connectivity index (χ3n) is 3.32. The molecule has 2 aliphatic rings. The van der Waals surface area contributed by atoms with Crippen molar-refractivity contribution in [3.63, 3.8) is 0 Å². The van der Waals surface area contributed by atoms with Crippen LogP contribution in [-0.4, -0.2) is 36.7 Å². The lowest BCUT2D eigenvalue weighted by atomic mass is 9.76. The minimum atomic E-state index is 0.125. The lowest BCUT2D eigenvalue weighted by Crippen LogP contribution is -2.48. The smallest absolute Gasteiger partial charge is 0.220 e. The van der Waals surface area contributed by atoms with Gasteiger partial charge in [0.05, 0.1) is 0 Å². The van der Waals surface area contributed by atoms with E-state index in [0.29, 0.717) is 25.2 Å². The van der Waals surface area contributed by atoms with Gasteiger partial charge in [0.2, 0.25) is 5.91 Å². The highest BCUT2D eigenvalue weighted by Gasteiger charge is 2.36. The fourth-order valence-electron chi connectivity index (χ4n) is 2.53. The maximum Gasteiger partial charge on any atom is 0.220 e. The average Bonchev–Trinajstić information content (AvgIpc) is 2.19. The molecule has 0 spiro atoms. The van der Waals surface area contributed by atoms with E-state index in [1.807, 2.05) is 25.2 Å². The molecule has 88 valence electrons. The molecule has 2 atom stereocenters. The maximum atomic E-state index is 11.9. The number of fused-ring (bicyclic) bond motifs is 1. The van der Waals surface area contributed by atoms with Crippen LogP contribution >= 0.6 is 0 Å². The van der Waals surface area contributed by atoms with Crippen LogP contribution < -0.4 is 5.32 Å². The zero-order chi connectivity index (χ0) is 11.7. The van der Waals surface area contributed by atoms with Gasteiger partial charge in [-0.1, -0.05) is 0 Å². The zero-order valence-electron chi connectivity index (χ0n) is 9.82. The van der Waals surface area contributed by atoms with E-state index in [4.69, 9.17) is 0 Å². The Kier molecular flexibility index (Phi) is 2.99. The second kappa shape index (κ2) is 4.28. The first-order valence-electron chi connectivity index (χ1n) is 5.76. The van der Waals surface area contributed by atoms with Gasteiger partial charge in [0, 0.05) is 44.8 Å². The molecule has 2 unspecified atom stereocenters. The number of carbonyl (C=O) groups is 2. The molecule has 1 heterocycles. The highest BCUT2D eigenvalue weighted by molar-refractivity contribution is 5.96. The molecule has 1 amide bonds. The predicted octanol–water partition coefficient (Wildman–Crippen LogP) is 0.690. The Hall–Kier alpha value is -1.32. The monoisotopic (exact) mass is 222 g/mol. The van der Waals surface area contributed by atoms with Crippen molar-refractivity contribution in [2.24, 2.45) is 5.92 Å². The molecule has 0 bridgehead atoms. The van der Waals surface area contributed by atoms with E-state index < -0.39 is 0 Å². The minimum absolute atomic E-state index is 0.125. The van der Waals surface area contributed by atoms with Crippen molar-refractivity contribution in [3.8, 4) is 0 Å². The van der Waals surface area contributed by atoms with Crippen LogP contribution in [0.4, 0.5) is 0 Å². The molecule has 1 aliphatic heterocycles. The lowest BCUT2D eigenvalue weighted by molar-refractivity contribution is -0.127. The zero-order valence-corrected chi connectivity index (χ0v) is 9.82. The molecule has 0 aromatic carbocycles. The van der Waals surface area contributed by atoms with Crippen LogP contribution in [0.25, 0.3) is 0 Å². The van der Waals surface area contributed by atoms with Crippen molar-refractivity contribution < 1.29 is 9.59 Å². The number of ketones is 1. The van der Waals surface area contributed by atoms with Crippen LogP contribution in [0.3, 0.4) is 0 Å². The van der Waals surface area contributed by atoms with Gasteiger partial charge in [-0.05, 0) is 18.8 Å². The summed E-state index contributed by atoms with van der Waals surface area (Å²) < 4.78 is 0. The third-order valence-corrected chi connectivity index (χ3v) is 3.32. The number of hydrogen-bond acceptors (Lipinski definition) is 3. The van der Waals surface area contributed by atoms with E-state index in [9.17, 15) is 9.59 Å². The minimum Gasteiger partial charge on any atom is -0.383 e. The second-order valence-corrected chi connectivity index (χ2v) is 4.92. The first-order chi connectivity index (χ1) is 7.56. The number of Topliss-reactive ketones (excluding diaryl/α,β-unsaturated/α-hetero) is 1. The molecule has 4 nitrogen and oxygen atoms in total. The topological polar surface area (TPSA) is 49.4 Å². The van der Waals surface area contributed by atoms with Gasteiger partial charge in [0.25, 0.3) is 0 Å². The Balaban J connectivity index is 2.11. The van der Waals surface area contributed by atoms with E-state index in [0.717, 1.165) is 12.0 Å². The van der Waals surface area contributed by atoms with Crippen molar-refractivity contribution in [2.45, 2.75) is 31.7 Å². The SMILES string of the molecule is CN(C)/C=C1/CC2NC(=O)CCC2CC1=O. The number of nitrogens with one attached hydrogen (secondary N) is 1. The van der Waals surface area contributed by atoms with E-state index in [2.05, 4.69) is 5.32 Å². The van der Waals surface area contributed by atoms with E-state index >= 15 is 0 Å². The Morgan fingerprint density at radius 1 is 1.31 bits per heavy atom. The number of nitrogens with zero attached hydrogens (tertiary/aromatic N) is 1. The summed E-state index contributed by atoms with van der Waals surface area (Å²) in [6.45, 7) is 0. The van der Waals surface area contributed by atoms with Crippen LogP contribution in [0.5, 0.6) is 0 Å². The number of rotatable bonds is 1. The second-order valence-electron chi connectivity index (χ2n) is 4.92. The third kappa shape index (κ3) is 2.26. The maximum absolute atomic E-state index is 11.9. The summed E-state index contributed by atoms with van der Waals surface area (Å²) in [6.07, 6.45) is 4.58. The van der Waals surface area contributed by atoms with Crippen molar-refractivity contribution in [3.05, 3.63) is 11.8 Å². The molecule has 0 aromatic heterocycles. The first kappa shape index (κ1) is 11.2. The van der Waals surface area contributed by atoms with Gasteiger partial charge < -0.3 is 10.2 Å². The van der Waals surface area contributed by atoms with Crippen LogP contribution in [-0.2, 0) is 9.59 Å². The van der Waals surface area contributed by atoms with Crippen LogP contribution in [0.2, 0.25) is 0 Å². The summed E-state index contributed by atoms with van der Waals surface area (Å²) in [5.74, 6) is 0.718. The largest absolute Gasteiger partial charge is 0.383 e. The number of carbonyl (C=O) groups excluding carboxylic acids is 2. The molecule has 1 aliphatic carbocycles. The van der Waals surface area contributed by atoms with Gasteiger partial charge in [-0.2, -0.15) is 0 Å². The molecule has 0 radical (unpaired) electrons. The molecule has 1 saturated heterocycles. The molecule has 1 N–H and O–H groups in total. The number of hydrogen-bond donors (Lipinski definition) is 1. The van der Waals surface area contributed by atoms with Crippen molar-refractivity contribution >= 4 is 11.7 Å². The standard InChI is InChI=1S/C12H18N2O2/c1-14(2)7-9-5-10-8(6-11(9)15)3-4-12(16)13-10/h7-8,10H,3-6H2,1-2H3,(H,13,16)/b9-7-. The number of piperidine rings is 1. The molecular weight excluding hydrogens is 204 g/mol. The molecule has 16 heavy (non-hydrogen) atoms. The molecule has 2 fully saturated rings. The van der Waals surface area contributed by atoms with Gasteiger partial charge in [0.1, 0.15) is 0 Å². The molecule has 1 saturated carbocycles. The summed E-state index contributed by atoms with van der Waals surface area (Å²) in [4.78, 5) is 25.0. The predicted molar refractivity (Wildman–Crippen MR) is 60.7 cm³/mol. The average molecular weight is 222 g/mol. The van der Waals surface area contributed by atoms with Gasteiger partial charge >= 0.3 is 0 Å². The Morgan fingerprint density at radius 3 is 2.75 bits per heavy atom. The summed E-state index contributed by atoms with van der Waals surface area (Å²) in [5, 5.41) is 2.99. The summed E-state index contributed by atoms with van der Waals surface area (Å²) in [5.41, 5.74) is 0.841. The van der Waals surface area contributed by atoms with Gasteiger partial charge in [-0.3, -0.25) is 9.59 Å². The number of amides is 1. The Labute approximate surface area is 95.7 Å². The fraction of sp³-hybridized carbons (Fsp3) is 0.667. The summed E-state index contributed by atoms with van der Waals surface area (Å²) >= 11 is 0. The fourth-order valence-corrected chi connectivity index (χ4v) is 2.53. The molecule has 0 aromatic rings. The van der Waals surface area contributed by atoms with Crippen molar-refractivity contribution in [1.82, 2.24) is 10.2 Å². The van der Waals surface area contributed by atoms with Gasteiger partial charge in [-0.15, -0.1) is 0 Å². The van der Waals surface area contributed by atoms with E-state index in [-0.39, 0.29) is 17.7 Å². The van der Waals surface area contributed by atoms with Gasteiger partial charge in [0.15, 0.2) is 5.78 Å². The first-order valence-corrected chi connectivity index (χ1v) is 5.76. The van der Waals surface area contributed by atoms with Crippen molar-refractivity contribution in [1.29, 1.82) is 0 Å². The Bertz CT molecular complexity index is 347. The quantitative estimate of drug-likeness (QED) is 0.664. The molecule has 4 heteroatoms. The van der Waals surface area contributed by atoms with Crippen molar-refractivity contribution in [2.75, 3.05) is 14.1 Å². The van der Waals surface area contributed by atoms with Gasteiger partial charge in [-0.25, -0.2) is 0 Å². The van der Waals surface area contributed by atoms with E-state index in [1.54, 1.807) is 0 Å². The lowest BCUT2D eigenvalue weighted by Gasteiger charge is -2.36. The van der Waals surface area contributed by atoms with Crippen LogP contribution in [0.15, 0.2) is 11.8 Å². The van der Waals surface area contributed by atoms with Crippen LogP contribution in [0, 0.1) is 5.92 Å². The summed E-state index contributed by atoms with van der Waals surface area (Å²) in [7, 11) is 3.82. The Morgan fingerprint density at radius 2 is 2.06 bits per heavy atom. The van der Waals surface area contributed by atoms with Crippen LogP contribution in [0.1, 0.15) is 25.7 Å². The van der Waals surface area contributed by atoms with E-state index in [1.165, 1.54) is 0 Å². The normalized spacial score (nSPS) is 32.2. The molecular formula is C12H18N2O2.